The normalized spacial score (nSPS) is 10.1. The average molecular weight is 330 g/mol. The lowest BCUT2D eigenvalue weighted by Crippen LogP contribution is -2.24. The average Bonchev–Trinajstić information content (AvgIpc) is 2.67. The molecule has 1 aromatic heterocycles. The molecule has 0 fully saturated rings. The Morgan fingerprint density at radius 3 is 2.36 bits per heavy atom. The van der Waals surface area contributed by atoms with Crippen molar-refractivity contribution in [2.75, 3.05) is 11.9 Å². The van der Waals surface area contributed by atoms with Gasteiger partial charge in [-0.2, -0.15) is 0 Å². The molecule has 0 spiro atoms. The van der Waals surface area contributed by atoms with Crippen LogP contribution in [0.5, 0.6) is 0 Å². The van der Waals surface area contributed by atoms with E-state index in [1.165, 1.54) is 0 Å². The summed E-state index contributed by atoms with van der Waals surface area (Å²) >= 11 is 0. The van der Waals surface area contributed by atoms with E-state index in [9.17, 15) is 4.79 Å². The first-order valence-corrected chi connectivity index (χ1v) is 7.92. The van der Waals surface area contributed by atoms with Crippen molar-refractivity contribution >= 4 is 17.4 Å². The number of carbonyl (C=O) groups is 1. The van der Waals surface area contributed by atoms with Gasteiger partial charge in [0.2, 0.25) is 0 Å². The van der Waals surface area contributed by atoms with Gasteiger partial charge < -0.3 is 10.6 Å². The number of hydrogen-bond donors (Lipinski definition) is 2. The van der Waals surface area contributed by atoms with Crippen molar-refractivity contribution in [3.05, 3.63) is 85.1 Å². The first-order valence-electron chi connectivity index (χ1n) is 7.92. The largest absolute Gasteiger partial charge is 0.347 e. The Morgan fingerprint density at radius 2 is 1.68 bits per heavy atom. The highest BCUT2D eigenvalue weighted by Gasteiger charge is 2.12. The Kier molecular flexibility index (Phi) is 5.16. The topological polar surface area (TPSA) is 66.9 Å². The second-order valence-corrected chi connectivity index (χ2v) is 5.32. The molecule has 0 atom stereocenters. The van der Waals surface area contributed by atoms with E-state index in [1.807, 2.05) is 60.7 Å². The summed E-state index contributed by atoms with van der Waals surface area (Å²) in [7, 11) is 0. The number of carbonyl (C=O) groups excluding carboxylic acids is 1. The van der Waals surface area contributed by atoms with Crippen molar-refractivity contribution in [3.8, 4) is 11.4 Å². The summed E-state index contributed by atoms with van der Waals surface area (Å²) in [5.41, 5.74) is 2.03. The molecule has 0 aliphatic rings. The molecule has 5 nitrogen and oxygen atoms in total. The predicted molar refractivity (Wildman–Crippen MR) is 99.7 cm³/mol. The lowest BCUT2D eigenvalue weighted by molar-refractivity contribution is 0.0953. The summed E-state index contributed by atoms with van der Waals surface area (Å²) in [6.07, 6.45) is 1.63. The Labute approximate surface area is 146 Å². The molecular weight excluding hydrogens is 312 g/mol. The van der Waals surface area contributed by atoms with E-state index in [-0.39, 0.29) is 5.91 Å². The van der Waals surface area contributed by atoms with Gasteiger partial charge in [-0.1, -0.05) is 54.6 Å². The fourth-order valence-electron chi connectivity index (χ4n) is 2.27. The fourth-order valence-corrected chi connectivity index (χ4v) is 2.27. The van der Waals surface area contributed by atoms with Gasteiger partial charge in [0, 0.05) is 23.9 Å². The van der Waals surface area contributed by atoms with E-state index < -0.39 is 0 Å². The number of benzene rings is 2. The maximum atomic E-state index is 12.3. The zero-order valence-electron chi connectivity index (χ0n) is 13.6. The van der Waals surface area contributed by atoms with Crippen LogP contribution < -0.4 is 10.6 Å². The van der Waals surface area contributed by atoms with Gasteiger partial charge in [0.25, 0.3) is 5.91 Å². The predicted octanol–water partition coefficient (Wildman–Crippen LogP) is 3.80. The van der Waals surface area contributed by atoms with Crippen LogP contribution in [0.1, 0.15) is 10.5 Å². The molecule has 124 valence electrons. The molecule has 25 heavy (non-hydrogen) atoms. The van der Waals surface area contributed by atoms with E-state index in [1.54, 1.807) is 12.1 Å². The third kappa shape index (κ3) is 4.29. The molecule has 0 saturated carbocycles. The van der Waals surface area contributed by atoms with E-state index in [0.29, 0.717) is 23.9 Å². The van der Waals surface area contributed by atoms with Gasteiger partial charge in [-0.3, -0.25) is 4.79 Å². The Balaban J connectivity index is 1.98. The minimum Gasteiger partial charge on any atom is -0.347 e. The van der Waals surface area contributed by atoms with E-state index >= 15 is 0 Å². The quantitative estimate of drug-likeness (QED) is 0.675. The summed E-state index contributed by atoms with van der Waals surface area (Å²) < 4.78 is 0. The van der Waals surface area contributed by atoms with Crippen LogP contribution in [0.3, 0.4) is 0 Å². The highest BCUT2D eigenvalue weighted by molar-refractivity contribution is 5.93. The molecule has 0 aliphatic heterocycles. The number of nitrogens with zero attached hydrogens (tertiary/aromatic N) is 2. The minimum absolute atomic E-state index is 0.268. The van der Waals surface area contributed by atoms with Crippen molar-refractivity contribution in [3.63, 3.8) is 0 Å². The van der Waals surface area contributed by atoms with Crippen LogP contribution in [0.25, 0.3) is 11.4 Å². The highest BCUT2D eigenvalue weighted by atomic mass is 16.1. The highest BCUT2D eigenvalue weighted by Crippen LogP contribution is 2.20. The number of rotatable bonds is 6. The van der Waals surface area contributed by atoms with Gasteiger partial charge >= 0.3 is 0 Å². The van der Waals surface area contributed by atoms with Gasteiger partial charge in [0.1, 0.15) is 11.5 Å². The fraction of sp³-hybridized carbons (Fsp3) is 0.0500. The van der Waals surface area contributed by atoms with Crippen LogP contribution in [0.2, 0.25) is 0 Å². The molecule has 0 aliphatic carbocycles. The molecule has 0 radical (unpaired) electrons. The lowest BCUT2D eigenvalue weighted by Gasteiger charge is -2.10. The standard InChI is InChI=1S/C20H18N4O/c1-2-13-21-20(25)17-14-18(22-16-11-7-4-8-12-16)24-19(23-17)15-9-5-3-6-10-15/h2-12,14H,1,13H2,(H,21,25)(H,22,23,24). The summed E-state index contributed by atoms with van der Waals surface area (Å²) in [5, 5.41) is 5.96. The van der Waals surface area contributed by atoms with Crippen LogP contribution >= 0.6 is 0 Å². The van der Waals surface area contributed by atoms with Gasteiger partial charge in [0.15, 0.2) is 5.82 Å². The summed E-state index contributed by atoms with van der Waals surface area (Å²) in [4.78, 5) is 21.3. The van der Waals surface area contributed by atoms with Crippen LogP contribution in [0.4, 0.5) is 11.5 Å². The number of nitrogens with one attached hydrogen (secondary N) is 2. The molecule has 3 rings (SSSR count). The first kappa shape index (κ1) is 16.4. The smallest absolute Gasteiger partial charge is 0.270 e. The number of amides is 1. The van der Waals surface area contributed by atoms with E-state index in [0.717, 1.165) is 11.3 Å². The monoisotopic (exact) mass is 330 g/mol. The number of anilines is 2. The van der Waals surface area contributed by atoms with Crippen LogP contribution in [-0.2, 0) is 0 Å². The maximum absolute atomic E-state index is 12.3. The first-order chi connectivity index (χ1) is 12.3. The van der Waals surface area contributed by atoms with Gasteiger partial charge in [-0.05, 0) is 12.1 Å². The van der Waals surface area contributed by atoms with Crippen LogP contribution in [-0.4, -0.2) is 22.4 Å². The Bertz CT molecular complexity index is 863. The summed E-state index contributed by atoms with van der Waals surface area (Å²) in [6, 6.07) is 20.9. The molecule has 5 heteroatoms. The number of hydrogen-bond acceptors (Lipinski definition) is 4. The van der Waals surface area contributed by atoms with Crippen molar-refractivity contribution < 1.29 is 4.79 Å². The van der Waals surface area contributed by atoms with E-state index in [2.05, 4.69) is 27.2 Å². The Morgan fingerprint density at radius 1 is 1.00 bits per heavy atom. The summed E-state index contributed by atoms with van der Waals surface area (Å²) in [5.74, 6) is 0.782. The minimum atomic E-state index is -0.268. The molecule has 1 amide bonds. The second kappa shape index (κ2) is 7.88. The number of para-hydroxylation sites is 1. The molecular formula is C20H18N4O. The molecule has 0 saturated heterocycles. The van der Waals surface area contributed by atoms with Crippen molar-refractivity contribution in [1.29, 1.82) is 0 Å². The number of aromatic nitrogens is 2. The van der Waals surface area contributed by atoms with E-state index in [4.69, 9.17) is 0 Å². The van der Waals surface area contributed by atoms with Crippen molar-refractivity contribution in [1.82, 2.24) is 15.3 Å². The molecule has 2 N–H and O–H groups in total. The van der Waals surface area contributed by atoms with Crippen molar-refractivity contribution in [2.24, 2.45) is 0 Å². The van der Waals surface area contributed by atoms with Crippen molar-refractivity contribution in [2.45, 2.75) is 0 Å². The zero-order valence-corrected chi connectivity index (χ0v) is 13.6. The molecule has 0 bridgehead atoms. The molecule has 0 unspecified atom stereocenters. The summed E-state index contributed by atoms with van der Waals surface area (Å²) in [6.45, 7) is 3.98. The van der Waals surface area contributed by atoms with Gasteiger partial charge in [-0.25, -0.2) is 9.97 Å². The molecule has 2 aromatic carbocycles. The Hall–Kier alpha value is -3.47. The van der Waals surface area contributed by atoms with Crippen LogP contribution in [0, 0.1) is 0 Å². The molecule has 1 heterocycles. The third-order valence-corrected chi connectivity index (χ3v) is 3.44. The zero-order chi connectivity index (χ0) is 17.5. The third-order valence-electron chi connectivity index (χ3n) is 3.44. The lowest BCUT2D eigenvalue weighted by atomic mass is 10.2. The van der Waals surface area contributed by atoms with Crippen LogP contribution in [0.15, 0.2) is 79.4 Å². The van der Waals surface area contributed by atoms with Gasteiger partial charge in [-0.15, -0.1) is 6.58 Å². The van der Waals surface area contributed by atoms with Gasteiger partial charge in [0.05, 0.1) is 0 Å². The SMILES string of the molecule is C=CCNC(=O)c1cc(Nc2ccccc2)nc(-c2ccccc2)n1. The second-order valence-electron chi connectivity index (χ2n) is 5.32. The maximum Gasteiger partial charge on any atom is 0.270 e. The molecule has 3 aromatic rings.